The Labute approximate surface area is 249 Å². The molecule has 1 aliphatic rings. The number of ether oxygens (including phenoxy) is 2. The number of fused-ring (bicyclic) bond motifs is 3. The minimum absolute atomic E-state index is 0.163. The molecule has 1 aromatic carbocycles. The Bertz CT molecular complexity index is 1400. The number of carbonyl (C=O) groups is 3. The van der Waals surface area contributed by atoms with Crippen molar-refractivity contribution in [3.05, 3.63) is 64.1 Å². The molecule has 42 heavy (non-hydrogen) atoms. The predicted octanol–water partition coefficient (Wildman–Crippen LogP) is 4.47. The van der Waals surface area contributed by atoms with E-state index in [1.165, 1.54) is 17.8 Å². The second kappa shape index (κ2) is 14.0. The Hall–Kier alpha value is -3.67. The molecular formula is C30H38ClN5O6. The van der Waals surface area contributed by atoms with Crippen molar-refractivity contribution in [2.75, 3.05) is 33.0 Å². The van der Waals surface area contributed by atoms with Crippen LogP contribution in [0.4, 0.5) is 4.79 Å². The van der Waals surface area contributed by atoms with Crippen LogP contribution in [0.2, 0.25) is 5.02 Å². The number of aromatic amines is 1. The van der Waals surface area contributed by atoms with Gasteiger partial charge in [-0.3, -0.25) is 14.6 Å². The van der Waals surface area contributed by atoms with Crippen molar-refractivity contribution in [2.45, 2.75) is 52.1 Å². The van der Waals surface area contributed by atoms with Crippen molar-refractivity contribution in [1.29, 1.82) is 0 Å². The van der Waals surface area contributed by atoms with Crippen molar-refractivity contribution in [3.8, 4) is 0 Å². The Morgan fingerprint density at radius 3 is 2.62 bits per heavy atom. The number of aromatic nitrogens is 2. The summed E-state index contributed by atoms with van der Waals surface area (Å²) in [7, 11) is 0. The summed E-state index contributed by atoms with van der Waals surface area (Å²) in [6, 6.07) is 8.35. The van der Waals surface area contributed by atoms with Gasteiger partial charge in [-0.2, -0.15) is 0 Å². The quantitative estimate of drug-likeness (QED) is 0.192. The summed E-state index contributed by atoms with van der Waals surface area (Å²) >= 11 is 6.20. The fourth-order valence-electron chi connectivity index (χ4n) is 4.89. The third-order valence-electron chi connectivity index (χ3n) is 7.26. The maximum absolute atomic E-state index is 13.0. The molecule has 5 N–H and O–H groups in total. The Morgan fingerprint density at radius 2 is 1.90 bits per heavy atom. The number of carboxylic acid groups (broad SMARTS) is 1. The minimum atomic E-state index is -1.09. The topological polar surface area (TPSA) is 155 Å². The first kappa shape index (κ1) is 31.3. The molecule has 226 valence electrons. The van der Waals surface area contributed by atoms with Gasteiger partial charge in [-0.1, -0.05) is 32.4 Å². The molecule has 0 saturated carbocycles. The molecule has 0 radical (unpaired) electrons. The number of aryl methyl sites for hydroxylation is 1. The van der Waals surface area contributed by atoms with Crippen LogP contribution in [0.5, 0.6) is 0 Å². The summed E-state index contributed by atoms with van der Waals surface area (Å²) in [5, 5.41) is 19.0. The van der Waals surface area contributed by atoms with Crippen molar-refractivity contribution < 1.29 is 29.0 Å². The highest BCUT2D eigenvalue weighted by Crippen LogP contribution is 2.35. The second-order valence-electron chi connectivity index (χ2n) is 11.4. The maximum Gasteiger partial charge on any atom is 0.404 e. The number of benzene rings is 1. The van der Waals surface area contributed by atoms with Crippen LogP contribution in [0.3, 0.4) is 0 Å². The molecule has 2 atom stereocenters. The smallest absolute Gasteiger partial charge is 0.404 e. The number of halogens is 1. The molecule has 0 saturated heterocycles. The van der Waals surface area contributed by atoms with E-state index in [4.69, 9.17) is 26.2 Å². The van der Waals surface area contributed by atoms with Gasteiger partial charge in [0.15, 0.2) is 0 Å². The van der Waals surface area contributed by atoms with Crippen LogP contribution >= 0.6 is 11.6 Å². The zero-order valence-electron chi connectivity index (χ0n) is 24.1. The fraction of sp³-hybridized carbons (Fsp3) is 0.467. The maximum atomic E-state index is 13.0. The molecule has 3 aromatic rings. The fourth-order valence-corrected chi connectivity index (χ4v) is 5.06. The molecule has 0 spiro atoms. The van der Waals surface area contributed by atoms with Gasteiger partial charge in [0, 0.05) is 34.4 Å². The van der Waals surface area contributed by atoms with Crippen molar-refractivity contribution in [2.24, 2.45) is 5.41 Å². The van der Waals surface area contributed by atoms with E-state index >= 15 is 0 Å². The van der Waals surface area contributed by atoms with Crippen LogP contribution in [-0.4, -0.2) is 72.0 Å². The number of rotatable bonds is 12. The number of carbonyl (C=O) groups excluding carboxylic acids is 2. The van der Waals surface area contributed by atoms with Gasteiger partial charge >= 0.3 is 6.09 Å². The van der Waals surface area contributed by atoms with Crippen molar-refractivity contribution in [3.63, 3.8) is 0 Å². The van der Waals surface area contributed by atoms with Crippen LogP contribution < -0.4 is 16.0 Å². The average molecular weight is 600 g/mol. The van der Waals surface area contributed by atoms with Gasteiger partial charge in [-0.25, -0.2) is 4.79 Å². The number of hydrogen-bond acceptors (Lipinski definition) is 6. The summed E-state index contributed by atoms with van der Waals surface area (Å²) in [6.45, 7) is 7.20. The van der Waals surface area contributed by atoms with Crippen molar-refractivity contribution in [1.82, 2.24) is 25.9 Å². The van der Waals surface area contributed by atoms with E-state index in [9.17, 15) is 14.4 Å². The highest BCUT2D eigenvalue weighted by atomic mass is 35.5. The largest absolute Gasteiger partial charge is 0.465 e. The first-order chi connectivity index (χ1) is 20.0. The summed E-state index contributed by atoms with van der Waals surface area (Å²) in [5.41, 5.74) is 3.46. The van der Waals surface area contributed by atoms with Crippen LogP contribution in [0.1, 0.15) is 71.8 Å². The number of pyridine rings is 1. The third kappa shape index (κ3) is 8.21. The lowest BCUT2D eigenvalue weighted by Gasteiger charge is -2.30. The Balaban J connectivity index is 1.18. The predicted molar refractivity (Wildman–Crippen MR) is 159 cm³/mol. The van der Waals surface area contributed by atoms with Gasteiger partial charge in [-0.15, -0.1) is 0 Å². The number of amides is 3. The molecule has 2 aromatic heterocycles. The van der Waals surface area contributed by atoms with Gasteiger partial charge in [-0.05, 0) is 60.6 Å². The molecule has 0 bridgehead atoms. The van der Waals surface area contributed by atoms with Crippen LogP contribution in [0.15, 0.2) is 36.5 Å². The van der Waals surface area contributed by atoms with Crippen LogP contribution in [-0.2, 0) is 15.9 Å². The van der Waals surface area contributed by atoms with Crippen LogP contribution in [0, 0.1) is 5.41 Å². The van der Waals surface area contributed by atoms with E-state index in [2.05, 4.69) is 25.9 Å². The highest BCUT2D eigenvalue weighted by Gasteiger charge is 2.27. The zero-order valence-corrected chi connectivity index (χ0v) is 24.8. The second-order valence-corrected chi connectivity index (χ2v) is 11.8. The molecule has 2 heterocycles. The van der Waals surface area contributed by atoms with E-state index in [0.717, 1.165) is 35.9 Å². The van der Waals surface area contributed by atoms with Gasteiger partial charge in [0.1, 0.15) is 5.69 Å². The van der Waals surface area contributed by atoms with E-state index in [0.29, 0.717) is 23.8 Å². The molecule has 0 fully saturated rings. The van der Waals surface area contributed by atoms with Gasteiger partial charge < -0.3 is 35.5 Å². The number of nitrogens with zero attached hydrogens (tertiary/aromatic N) is 1. The molecule has 4 rings (SSSR count). The molecule has 2 unspecified atom stereocenters. The Kier molecular flexibility index (Phi) is 10.4. The molecule has 1 aliphatic carbocycles. The van der Waals surface area contributed by atoms with Gasteiger partial charge in [0.25, 0.3) is 11.8 Å². The highest BCUT2D eigenvalue weighted by molar-refractivity contribution is 6.31. The normalized spacial score (nSPS) is 15.6. The molecular weight excluding hydrogens is 562 g/mol. The SMILES string of the molecule is CC(C)(C)C(COCCOCCNC(=O)c1ccc(C(=O)NC2CCCc3c2[nH]c2ccc(Cl)cc32)nc1)NC(=O)O. The van der Waals surface area contributed by atoms with E-state index in [-0.39, 0.29) is 54.8 Å². The first-order valence-corrected chi connectivity index (χ1v) is 14.4. The van der Waals surface area contributed by atoms with Gasteiger partial charge in [0.2, 0.25) is 0 Å². The zero-order chi connectivity index (χ0) is 30.3. The lowest BCUT2D eigenvalue weighted by atomic mass is 9.87. The number of nitrogens with one attached hydrogen (secondary N) is 4. The van der Waals surface area contributed by atoms with E-state index < -0.39 is 6.09 Å². The monoisotopic (exact) mass is 599 g/mol. The Morgan fingerprint density at radius 1 is 1.12 bits per heavy atom. The van der Waals surface area contributed by atoms with E-state index in [1.54, 1.807) is 6.07 Å². The average Bonchev–Trinajstić information content (AvgIpc) is 3.31. The standard InChI is InChI=1S/C30H38ClN5O6/c1-30(2,3)25(36-29(39)40)17-42-14-13-41-12-11-32-27(37)18-7-9-24(33-16-18)28(38)35-23-6-4-5-20-21-15-19(31)8-10-22(21)34-26(20)23/h7-10,15-16,23,25,34,36H,4-6,11-14,17H2,1-3H3,(H,32,37)(H,35,38)(H,39,40). The summed E-state index contributed by atoms with van der Waals surface area (Å²) in [4.78, 5) is 44.1. The van der Waals surface area contributed by atoms with Crippen LogP contribution in [0.25, 0.3) is 10.9 Å². The molecule has 0 aliphatic heterocycles. The van der Waals surface area contributed by atoms with E-state index in [1.807, 2.05) is 39.0 Å². The third-order valence-corrected chi connectivity index (χ3v) is 7.50. The van der Waals surface area contributed by atoms with Gasteiger partial charge in [0.05, 0.1) is 44.1 Å². The van der Waals surface area contributed by atoms with Crippen molar-refractivity contribution >= 4 is 40.4 Å². The first-order valence-electron chi connectivity index (χ1n) is 14.0. The number of hydrogen-bond donors (Lipinski definition) is 5. The molecule has 3 amide bonds. The lowest BCUT2D eigenvalue weighted by Crippen LogP contribution is -2.46. The minimum Gasteiger partial charge on any atom is -0.465 e. The lowest BCUT2D eigenvalue weighted by molar-refractivity contribution is 0.0258. The number of H-pyrrole nitrogens is 1. The molecule has 12 heteroatoms. The summed E-state index contributed by atoms with van der Waals surface area (Å²) < 4.78 is 11.0. The summed E-state index contributed by atoms with van der Waals surface area (Å²) in [6.07, 6.45) is 2.98. The summed E-state index contributed by atoms with van der Waals surface area (Å²) in [5.74, 6) is -0.629. The molecule has 11 nitrogen and oxygen atoms in total.